The molecule has 0 saturated carbocycles. The van der Waals surface area contributed by atoms with E-state index in [0.717, 1.165) is 4.90 Å². The van der Waals surface area contributed by atoms with Crippen LogP contribution in [-0.4, -0.2) is 55.8 Å². The summed E-state index contributed by atoms with van der Waals surface area (Å²) in [5.41, 5.74) is 0.854. The van der Waals surface area contributed by atoms with Gasteiger partial charge in [-0.25, -0.2) is 9.59 Å². The third-order valence-corrected chi connectivity index (χ3v) is 4.85. The Bertz CT molecular complexity index is 1140. The number of carbonyl (C=O) groups excluding carboxylic acids is 1. The van der Waals surface area contributed by atoms with Crippen molar-refractivity contribution in [3.8, 4) is 16.9 Å². The van der Waals surface area contributed by atoms with E-state index >= 15 is 0 Å². The minimum Gasteiger partial charge on any atom is -0.508 e. The number of carbonyl (C=O) groups is 3. The van der Waals surface area contributed by atoms with Crippen molar-refractivity contribution >= 4 is 17.8 Å². The number of carboxylic acids is 2. The molecule has 4 N–H and O–H groups in total. The zero-order chi connectivity index (χ0) is 23.3. The van der Waals surface area contributed by atoms with Crippen LogP contribution >= 0.6 is 0 Å². The molecule has 0 unspecified atom stereocenters. The van der Waals surface area contributed by atoms with E-state index in [4.69, 9.17) is 5.11 Å². The lowest BCUT2D eigenvalue weighted by atomic mass is 9.94. The lowest BCUT2D eigenvalue weighted by Gasteiger charge is -2.25. The van der Waals surface area contributed by atoms with Crippen LogP contribution in [0.15, 0.2) is 72.8 Å². The molecule has 0 aliphatic heterocycles. The summed E-state index contributed by atoms with van der Waals surface area (Å²) >= 11 is 0. The maximum Gasteiger partial charge on any atom is 0.337 e. The molecule has 8 nitrogen and oxygen atoms in total. The highest BCUT2D eigenvalue weighted by atomic mass is 16.4. The second-order valence-corrected chi connectivity index (χ2v) is 7.11. The number of rotatable bonds is 8. The molecule has 3 aromatic carbocycles. The summed E-state index contributed by atoms with van der Waals surface area (Å²) in [5, 5.41) is 38.7. The summed E-state index contributed by atoms with van der Waals surface area (Å²) in [6.07, 6.45) is -1.84. The first-order chi connectivity index (χ1) is 15.3. The van der Waals surface area contributed by atoms with E-state index in [0.29, 0.717) is 11.1 Å². The Morgan fingerprint density at radius 2 is 1.56 bits per heavy atom. The first-order valence-corrected chi connectivity index (χ1v) is 9.67. The molecule has 0 spiro atoms. The summed E-state index contributed by atoms with van der Waals surface area (Å²) in [6.45, 7) is -0.558. The van der Waals surface area contributed by atoms with Crippen LogP contribution in [0, 0.1) is 0 Å². The summed E-state index contributed by atoms with van der Waals surface area (Å²) in [7, 11) is 0. The molecule has 3 rings (SSSR count). The van der Waals surface area contributed by atoms with Crippen LogP contribution in [-0.2, 0) is 11.3 Å². The van der Waals surface area contributed by atoms with E-state index in [1.807, 2.05) is 0 Å². The van der Waals surface area contributed by atoms with Crippen molar-refractivity contribution in [2.24, 2.45) is 0 Å². The minimum atomic E-state index is -1.84. The standard InChI is InChI=1S/C24H21NO7/c26-17-9-4-8-16(12-17)18-10-5-11-19(21(18)24(31)32)22(28)25(14-20(27)23(29)30)13-15-6-2-1-3-7-15/h1-12,20,26-27H,13-14H2,(H,29,30)(H,31,32)/t20-/m1/s1. The monoisotopic (exact) mass is 435 g/mol. The predicted octanol–water partition coefficient (Wildman–Crippen LogP) is 2.85. The molecule has 0 aliphatic rings. The van der Waals surface area contributed by atoms with Gasteiger partial charge in [0, 0.05) is 6.54 Å². The van der Waals surface area contributed by atoms with Crippen molar-refractivity contribution in [1.29, 1.82) is 0 Å². The second kappa shape index (κ2) is 9.76. The highest BCUT2D eigenvalue weighted by Gasteiger charge is 2.28. The topological polar surface area (TPSA) is 135 Å². The van der Waals surface area contributed by atoms with Gasteiger partial charge in [0.1, 0.15) is 5.75 Å². The maximum atomic E-state index is 13.4. The molecule has 8 heteroatoms. The first kappa shape index (κ1) is 22.5. The number of aromatic hydroxyl groups is 1. The molecule has 0 aromatic heterocycles. The Balaban J connectivity index is 2.07. The number of amides is 1. The van der Waals surface area contributed by atoms with Crippen LogP contribution in [0.4, 0.5) is 0 Å². The van der Waals surface area contributed by atoms with E-state index < -0.39 is 30.5 Å². The van der Waals surface area contributed by atoms with Gasteiger partial charge in [-0.1, -0.05) is 54.6 Å². The maximum absolute atomic E-state index is 13.4. The molecule has 1 amide bonds. The molecular weight excluding hydrogens is 414 g/mol. The molecule has 0 bridgehead atoms. The Hall–Kier alpha value is -4.17. The number of hydrogen-bond acceptors (Lipinski definition) is 5. The van der Waals surface area contributed by atoms with Gasteiger partial charge in [-0.05, 0) is 34.9 Å². The number of benzene rings is 3. The van der Waals surface area contributed by atoms with Crippen molar-refractivity contribution in [3.63, 3.8) is 0 Å². The number of aliphatic hydroxyl groups excluding tert-OH is 1. The zero-order valence-corrected chi connectivity index (χ0v) is 16.9. The van der Waals surface area contributed by atoms with Crippen LogP contribution < -0.4 is 0 Å². The highest BCUT2D eigenvalue weighted by Crippen LogP contribution is 2.30. The van der Waals surface area contributed by atoms with Crippen molar-refractivity contribution < 1.29 is 34.8 Å². The Morgan fingerprint density at radius 1 is 0.875 bits per heavy atom. The van der Waals surface area contributed by atoms with E-state index in [-0.39, 0.29) is 29.0 Å². The highest BCUT2D eigenvalue weighted by molar-refractivity contribution is 6.09. The van der Waals surface area contributed by atoms with Gasteiger partial charge in [-0.3, -0.25) is 4.79 Å². The predicted molar refractivity (Wildman–Crippen MR) is 115 cm³/mol. The Morgan fingerprint density at radius 3 is 2.19 bits per heavy atom. The van der Waals surface area contributed by atoms with Crippen molar-refractivity contribution in [1.82, 2.24) is 4.90 Å². The molecule has 1 atom stereocenters. The molecular formula is C24H21NO7. The second-order valence-electron chi connectivity index (χ2n) is 7.11. The molecule has 32 heavy (non-hydrogen) atoms. The molecule has 0 aliphatic carbocycles. The smallest absolute Gasteiger partial charge is 0.337 e. The van der Waals surface area contributed by atoms with E-state index in [2.05, 4.69) is 0 Å². The minimum absolute atomic E-state index is 0.0283. The van der Waals surface area contributed by atoms with Gasteiger partial charge in [0.05, 0.1) is 17.7 Å². The quantitative estimate of drug-likeness (QED) is 0.427. The van der Waals surface area contributed by atoms with Gasteiger partial charge < -0.3 is 25.3 Å². The normalized spacial score (nSPS) is 11.5. The third-order valence-electron chi connectivity index (χ3n) is 4.85. The lowest BCUT2D eigenvalue weighted by molar-refractivity contribution is -0.147. The number of nitrogens with zero attached hydrogens (tertiary/aromatic N) is 1. The SMILES string of the molecule is O=C(O)c1c(C(=O)N(Cc2ccccc2)C[C@@H](O)C(=O)O)cccc1-c1cccc(O)c1. The van der Waals surface area contributed by atoms with Gasteiger partial charge >= 0.3 is 11.9 Å². The van der Waals surface area contributed by atoms with Gasteiger partial charge in [0.2, 0.25) is 0 Å². The van der Waals surface area contributed by atoms with E-state index in [9.17, 15) is 29.7 Å². The summed E-state index contributed by atoms with van der Waals surface area (Å²) < 4.78 is 0. The fraction of sp³-hybridized carbons (Fsp3) is 0.125. The van der Waals surface area contributed by atoms with Gasteiger partial charge in [-0.15, -0.1) is 0 Å². The van der Waals surface area contributed by atoms with E-state index in [1.54, 1.807) is 42.5 Å². The largest absolute Gasteiger partial charge is 0.508 e. The number of aliphatic hydroxyl groups is 1. The molecule has 0 fully saturated rings. The zero-order valence-electron chi connectivity index (χ0n) is 16.9. The molecule has 0 radical (unpaired) electrons. The van der Waals surface area contributed by atoms with Gasteiger partial charge in [0.15, 0.2) is 6.10 Å². The molecule has 164 valence electrons. The number of phenolic OH excluding ortho intramolecular Hbond substituents is 1. The molecule has 0 heterocycles. The molecule has 0 saturated heterocycles. The van der Waals surface area contributed by atoms with Crippen LogP contribution in [0.5, 0.6) is 5.75 Å². The van der Waals surface area contributed by atoms with Gasteiger partial charge in [-0.2, -0.15) is 0 Å². The summed E-state index contributed by atoms with van der Waals surface area (Å²) in [4.78, 5) is 37.8. The first-order valence-electron chi connectivity index (χ1n) is 9.67. The van der Waals surface area contributed by atoms with Crippen LogP contribution in [0.1, 0.15) is 26.3 Å². The lowest BCUT2D eigenvalue weighted by Crippen LogP contribution is -2.40. The third kappa shape index (κ3) is 5.11. The number of aromatic carboxylic acids is 1. The van der Waals surface area contributed by atoms with Crippen LogP contribution in [0.3, 0.4) is 0 Å². The van der Waals surface area contributed by atoms with E-state index in [1.165, 1.54) is 30.3 Å². The van der Waals surface area contributed by atoms with Crippen LogP contribution in [0.2, 0.25) is 0 Å². The fourth-order valence-corrected chi connectivity index (χ4v) is 3.36. The number of hydrogen-bond donors (Lipinski definition) is 4. The summed E-state index contributed by atoms with van der Waals surface area (Å²) in [5.74, 6) is -3.66. The average molecular weight is 435 g/mol. The number of carboxylic acid groups (broad SMARTS) is 2. The number of phenols is 1. The van der Waals surface area contributed by atoms with Crippen molar-refractivity contribution in [2.75, 3.05) is 6.54 Å². The Kier molecular flexibility index (Phi) is 6.87. The Labute approximate surface area is 183 Å². The van der Waals surface area contributed by atoms with Crippen LogP contribution in [0.25, 0.3) is 11.1 Å². The van der Waals surface area contributed by atoms with Gasteiger partial charge in [0.25, 0.3) is 5.91 Å². The van der Waals surface area contributed by atoms with Crippen molar-refractivity contribution in [2.45, 2.75) is 12.6 Å². The number of aliphatic carboxylic acids is 1. The fourth-order valence-electron chi connectivity index (χ4n) is 3.36. The average Bonchev–Trinajstić information content (AvgIpc) is 2.78. The molecule has 3 aromatic rings. The van der Waals surface area contributed by atoms with Crippen molar-refractivity contribution in [3.05, 3.63) is 89.5 Å². The summed E-state index contributed by atoms with van der Waals surface area (Å²) in [6, 6.07) is 19.1.